The molecular weight excluding hydrogens is 382 g/mol. The van der Waals surface area contributed by atoms with Gasteiger partial charge < -0.3 is 4.74 Å². The third kappa shape index (κ3) is 4.60. The highest BCUT2D eigenvalue weighted by molar-refractivity contribution is 7.93. The number of hydrogen-bond acceptors (Lipinski definition) is 7. The van der Waals surface area contributed by atoms with Gasteiger partial charge in [-0.05, 0) is 51.1 Å². The number of rotatable bonds is 4. The first kappa shape index (κ1) is 19.4. The van der Waals surface area contributed by atoms with E-state index in [1.165, 1.54) is 24.3 Å². The van der Waals surface area contributed by atoms with E-state index in [0.717, 1.165) is 23.7 Å². The normalized spacial score (nSPS) is 12.6. The molecule has 0 saturated heterocycles. The Balaban J connectivity index is 2.67. The van der Waals surface area contributed by atoms with E-state index in [1.54, 1.807) is 20.8 Å². The van der Waals surface area contributed by atoms with Gasteiger partial charge in [-0.1, -0.05) is 0 Å². The second-order valence-electron chi connectivity index (χ2n) is 6.36. The molecule has 0 radical (unpaired) electrons. The molecule has 0 atom stereocenters. The number of nitriles is 1. The molecule has 0 aliphatic carbocycles. The molecule has 0 amide bonds. The van der Waals surface area contributed by atoms with Crippen molar-refractivity contribution in [3.8, 4) is 11.8 Å². The smallest absolute Gasteiger partial charge is 0.216 e. The number of hydrogen-bond donors (Lipinski definition) is 0. The van der Waals surface area contributed by atoms with Crippen LogP contribution in [0.25, 0.3) is 0 Å². The third-order valence-corrected chi connectivity index (χ3v) is 7.28. The Morgan fingerprint density at radius 1 is 1.04 bits per heavy atom. The molecule has 2 rings (SSSR count). The first-order chi connectivity index (χ1) is 11.3. The van der Waals surface area contributed by atoms with Gasteiger partial charge in [-0.25, -0.2) is 16.8 Å². The Morgan fingerprint density at radius 2 is 1.64 bits per heavy atom. The molecule has 0 aliphatic heterocycles. The maximum Gasteiger partial charge on any atom is 0.216 e. The Labute approximate surface area is 151 Å². The minimum atomic E-state index is -3.97. The van der Waals surface area contributed by atoms with Crippen LogP contribution in [0, 0.1) is 11.3 Å². The molecule has 9 heteroatoms. The van der Waals surface area contributed by atoms with Crippen LogP contribution in [0.1, 0.15) is 25.6 Å². The van der Waals surface area contributed by atoms with Crippen molar-refractivity contribution in [1.29, 1.82) is 5.26 Å². The lowest BCUT2D eigenvalue weighted by Crippen LogP contribution is -2.23. The summed E-state index contributed by atoms with van der Waals surface area (Å²) in [6.45, 7) is 5.31. The zero-order valence-electron chi connectivity index (χ0n) is 14.1. The fourth-order valence-electron chi connectivity index (χ4n) is 1.97. The lowest BCUT2D eigenvalue weighted by atomic mass is 10.2. The maximum atomic E-state index is 12.8. The molecule has 1 heterocycles. The SMILES string of the molecule is CC(C)(C)Oc1cc(S(C)(=O)=O)cc(S(=O)(=O)c2ccc(C#N)s2)c1. The molecule has 25 heavy (non-hydrogen) atoms. The predicted molar refractivity (Wildman–Crippen MR) is 94.4 cm³/mol. The number of benzene rings is 1. The molecule has 0 bridgehead atoms. The van der Waals surface area contributed by atoms with Crippen molar-refractivity contribution >= 4 is 31.0 Å². The van der Waals surface area contributed by atoms with Crippen LogP contribution in [0.4, 0.5) is 0 Å². The highest BCUT2D eigenvalue weighted by Gasteiger charge is 2.24. The summed E-state index contributed by atoms with van der Waals surface area (Å²) in [5, 5.41) is 8.88. The summed E-state index contributed by atoms with van der Waals surface area (Å²) < 4.78 is 55.1. The molecule has 0 saturated carbocycles. The molecule has 0 aliphatic rings. The summed E-state index contributed by atoms with van der Waals surface area (Å²) in [4.78, 5) is -0.0880. The van der Waals surface area contributed by atoms with Gasteiger partial charge in [0.25, 0.3) is 0 Å². The molecule has 2 aromatic rings. The van der Waals surface area contributed by atoms with Crippen LogP contribution in [-0.4, -0.2) is 28.7 Å². The molecule has 0 spiro atoms. The molecule has 0 N–H and O–H groups in total. The van der Waals surface area contributed by atoms with E-state index in [-0.39, 0.29) is 24.6 Å². The van der Waals surface area contributed by atoms with Gasteiger partial charge in [0.05, 0.1) is 9.79 Å². The number of sulfone groups is 2. The second-order valence-corrected chi connectivity index (χ2v) is 11.6. The summed E-state index contributed by atoms with van der Waals surface area (Å²) in [7, 11) is -7.60. The number of nitrogens with zero attached hydrogens (tertiary/aromatic N) is 1. The average molecular weight is 400 g/mol. The maximum absolute atomic E-state index is 12.8. The van der Waals surface area contributed by atoms with Crippen molar-refractivity contribution in [2.45, 2.75) is 40.4 Å². The topological polar surface area (TPSA) is 101 Å². The standard InChI is InChI=1S/C16H17NO5S3/c1-16(2,3)22-11-7-13(24(4,18)19)9-14(8-11)25(20,21)15-6-5-12(10-17)23-15/h5-9H,1-4H3. The van der Waals surface area contributed by atoms with Gasteiger partial charge in [0.15, 0.2) is 9.84 Å². The van der Waals surface area contributed by atoms with Gasteiger partial charge >= 0.3 is 0 Å². The van der Waals surface area contributed by atoms with Crippen LogP contribution in [0.3, 0.4) is 0 Å². The fourth-order valence-corrected chi connectivity index (χ4v) is 5.28. The first-order valence-electron chi connectivity index (χ1n) is 7.12. The zero-order chi connectivity index (χ0) is 19.0. The van der Waals surface area contributed by atoms with Crippen molar-refractivity contribution < 1.29 is 21.6 Å². The summed E-state index contributed by atoms with van der Waals surface area (Å²) in [5.41, 5.74) is -0.631. The van der Waals surface area contributed by atoms with Crippen molar-refractivity contribution in [3.63, 3.8) is 0 Å². The predicted octanol–water partition coefficient (Wildman–Crippen LogP) is 3.03. The molecule has 1 aromatic heterocycles. The van der Waals surface area contributed by atoms with E-state index >= 15 is 0 Å². The van der Waals surface area contributed by atoms with Gasteiger partial charge in [0.1, 0.15) is 26.5 Å². The summed E-state index contributed by atoms with van der Waals surface area (Å²) in [5.74, 6) is 0.145. The van der Waals surface area contributed by atoms with Crippen LogP contribution in [0.15, 0.2) is 44.3 Å². The van der Waals surface area contributed by atoms with Crippen LogP contribution in [0.5, 0.6) is 5.75 Å². The van der Waals surface area contributed by atoms with E-state index in [0.29, 0.717) is 0 Å². The highest BCUT2D eigenvalue weighted by Crippen LogP contribution is 2.32. The Hall–Kier alpha value is -1.89. The van der Waals surface area contributed by atoms with Crippen LogP contribution in [0.2, 0.25) is 0 Å². The largest absolute Gasteiger partial charge is 0.488 e. The minimum absolute atomic E-state index is 0.0311. The van der Waals surface area contributed by atoms with E-state index in [4.69, 9.17) is 10.00 Å². The van der Waals surface area contributed by atoms with Gasteiger partial charge in [-0.15, -0.1) is 11.3 Å². The monoisotopic (exact) mass is 399 g/mol. The van der Waals surface area contributed by atoms with Gasteiger partial charge in [0.2, 0.25) is 9.84 Å². The van der Waals surface area contributed by atoms with Gasteiger partial charge in [-0.3, -0.25) is 0 Å². The minimum Gasteiger partial charge on any atom is -0.488 e. The lowest BCUT2D eigenvalue weighted by molar-refractivity contribution is 0.130. The first-order valence-corrected chi connectivity index (χ1v) is 11.3. The van der Waals surface area contributed by atoms with Crippen molar-refractivity contribution in [2.24, 2.45) is 0 Å². The van der Waals surface area contributed by atoms with Crippen molar-refractivity contribution in [2.75, 3.05) is 6.26 Å². The van der Waals surface area contributed by atoms with E-state index in [2.05, 4.69) is 0 Å². The number of thiophene rings is 1. The summed E-state index contributed by atoms with van der Waals surface area (Å²) in [6.07, 6.45) is 0.999. The van der Waals surface area contributed by atoms with Crippen molar-refractivity contribution in [3.05, 3.63) is 35.2 Å². The fraction of sp³-hybridized carbons (Fsp3) is 0.312. The Morgan fingerprint density at radius 3 is 2.12 bits per heavy atom. The van der Waals surface area contributed by atoms with Gasteiger partial charge in [0, 0.05) is 6.26 Å². The zero-order valence-corrected chi connectivity index (χ0v) is 16.5. The Kier molecular flexibility index (Phi) is 5.01. The van der Waals surface area contributed by atoms with Crippen LogP contribution in [-0.2, 0) is 19.7 Å². The molecule has 1 aromatic carbocycles. The third-order valence-electron chi connectivity index (χ3n) is 2.97. The van der Waals surface area contributed by atoms with Crippen molar-refractivity contribution in [1.82, 2.24) is 0 Å². The lowest BCUT2D eigenvalue weighted by Gasteiger charge is -2.22. The molecule has 134 valence electrons. The molecule has 6 nitrogen and oxygen atoms in total. The van der Waals surface area contributed by atoms with E-state index in [9.17, 15) is 16.8 Å². The molecular formula is C16H17NO5S3. The summed E-state index contributed by atoms with van der Waals surface area (Å²) in [6, 6.07) is 8.32. The average Bonchev–Trinajstić information content (AvgIpc) is 2.93. The van der Waals surface area contributed by atoms with E-state index in [1.807, 2.05) is 6.07 Å². The van der Waals surface area contributed by atoms with E-state index < -0.39 is 25.3 Å². The quantitative estimate of drug-likeness (QED) is 0.783. The number of ether oxygens (including phenoxy) is 1. The molecule has 0 fully saturated rings. The van der Waals surface area contributed by atoms with Crippen LogP contribution < -0.4 is 4.74 Å². The highest BCUT2D eigenvalue weighted by atomic mass is 32.2. The Bertz CT molecular complexity index is 1050. The van der Waals surface area contributed by atoms with Crippen LogP contribution >= 0.6 is 11.3 Å². The van der Waals surface area contributed by atoms with Gasteiger partial charge in [-0.2, -0.15) is 5.26 Å². The summed E-state index contributed by atoms with van der Waals surface area (Å²) >= 11 is 0.828. The molecule has 0 unspecified atom stereocenters. The second kappa shape index (κ2) is 6.44.